The van der Waals surface area contributed by atoms with Crippen molar-refractivity contribution in [1.29, 1.82) is 0 Å². The zero-order valence-corrected chi connectivity index (χ0v) is 73.8. The number of aliphatic hydroxyl groups is 1. The van der Waals surface area contributed by atoms with Crippen LogP contribution in [0, 0.1) is 35.5 Å². The van der Waals surface area contributed by atoms with Gasteiger partial charge < -0.3 is 51.2 Å². The van der Waals surface area contributed by atoms with Crippen molar-refractivity contribution < 1.29 is 60.8 Å². The number of ether oxygens (including phenoxy) is 6. The molecule has 0 aromatic heterocycles. The van der Waals surface area contributed by atoms with Gasteiger partial charge in [-0.3, -0.25) is 4.79 Å². The number of hydrogen-bond acceptors (Lipinski definition) is 13. The lowest BCUT2D eigenvalue weighted by Gasteiger charge is -2.47. The number of carbonyl (C=O) groups is 2. The fourth-order valence-electron chi connectivity index (χ4n) is 13.4. The molecule has 104 heavy (non-hydrogen) atoms. The topological polar surface area (TPSA) is 147 Å². The second-order valence-electron chi connectivity index (χ2n) is 33.9. The summed E-state index contributed by atoms with van der Waals surface area (Å²) in [4.78, 5) is 30.1. The van der Waals surface area contributed by atoms with Crippen molar-refractivity contribution in [3.63, 3.8) is 0 Å². The number of esters is 1. The largest absolute Gasteiger partial charge is 0.497 e. The van der Waals surface area contributed by atoms with E-state index >= 15 is 4.79 Å². The third-order valence-corrected chi connectivity index (χ3v) is 41.4. The summed E-state index contributed by atoms with van der Waals surface area (Å²) in [7, 11) is -5.39. The summed E-state index contributed by atoms with van der Waals surface area (Å²) in [5.41, 5.74) is 4.33. The van der Waals surface area contributed by atoms with Gasteiger partial charge in [0, 0.05) is 43.1 Å². The Hall–Kier alpha value is -4.87. The molecule has 13 nitrogen and oxygen atoms in total. The van der Waals surface area contributed by atoms with Crippen LogP contribution < -0.4 is 9.47 Å². The van der Waals surface area contributed by atoms with Crippen molar-refractivity contribution in [2.45, 2.75) is 272 Å². The van der Waals surface area contributed by atoms with E-state index in [4.69, 9.17) is 46.1 Å². The minimum absolute atomic E-state index is 0.0282. The molecule has 0 saturated heterocycles. The second kappa shape index (κ2) is 40.0. The Morgan fingerprint density at radius 3 is 1.42 bits per heavy atom. The smallest absolute Gasteiger partial charge is 0.337 e. The predicted octanol–water partition coefficient (Wildman–Crippen LogP) is 21.5. The summed E-state index contributed by atoms with van der Waals surface area (Å²) in [6.45, 7) is 60.9. The molecule has 0 aliphatic heterocycles. The molecule has 0 heterocycles. The molecule has 0 aliphatic rings. The lowest BCUT2D eigenvalue weighted by Crippen LogP contribution is -2.57. The standard InChI is InChI=1S/C87H140O13Si4/c1-31-42-61(6)56-63(8)78(98-102(27,28)85(16,17)18)74(60-96-87(69-43-38-36-39-44-69,70-45-40-37-41-46-70)71-49-53-73(92-23)54-50-71)80(95-59-68-47-51-72(91-22)52-48-68)65(10)76(89)58-75(88)62(7)57-64(9)77(97-101(25,26)84(13,14)15)66(11)79(100-104(33-3,34-4)35-5)67(12)81(93-24)82(83(90)94-55-32-2)99-103(29,30)86(19,20)21/h31-32,36-54,56-57,61-62,65-67,74,76-82,89H,2,33-35,55,58-60H2,1,3-30H3/b42-31-,63-56+,64-57+/t61-,62-,65+,66+,67+,74+,76+,77-,78-,79-,80-,81-,82+/m0/s1. The van der Waals surface area contributed by atoms with E-state index < -0.39 is 111 Å². The third-order valence-electron chi connectivity index (χ3n) is 23.4. The van der Waals surface area contributed by atoms with Crippen LogP contribution in [0.3, 0.4) is 0 Å². The van der Waals surface area contributed by atoms with E-state index in [2.05, 4.69) is 218 Å². The maximum atomic E-state index is 15.6. The quantitative estimate of drug-likeness (QED) is 0.0194. The number of Topliss-reactive ketones (excluding diaryl/α,β-unsaturated/α-hetero) is 1. The molecule has 4 rings (SSSR count). The molecular formula is C87H140O13Si4. The van der Waals surface area contributed by atoms with E-state index in [9.17, 15) is 9.90 Å². The van der Waals surface area contributed by atoms with Crippen molar-refractivity contribution >= 4 is 45.0 Å². The highest BCUT2D eigenvalue weighted by molar-refractivity contribution is 6.75. The zero-order chi connectivity index (χ0) is 78.6. The number of benzene rings is 4. The Balaban J connectivity index is 2.06. The minimum Gasteiger partial charge on any atom is -0.497 e. The van der Waals surface area contributed by atoms with E-state index in [1.807, 2.05) is 99.6 Å². The Kier molecular flexibility index (Phi) is 35.2. The predicted molar refractivity (Wildman–Crippen MR) is 441 cm³/mol. The Labute approximate surface area is 635 Å². The van der Waals surface area contributed by atoms with Crippen molar-refractivity contribution in [1.82, 2.24) is 0 Å². The second-order valence-corrected chi connectivity index (χ2v) is 52.9. The normalized spacial score (nSPS) is 17.4. The monoisotopic (exact) mass is 1500 g/mol. The summed E-state index contributed by atoms with van der Waals surface area (Å²) in [6, 6.07) is 39.3. The van der Waals surface area contributed by atoms with Gasteiger partial charge in [-0.1, -0.05) is 240 Å². The maximum absolute atomic E-state index is 15.6. The lowest BCUT2D eigenvalue weighted by molar-refractivity contribution is -0.164. The van der Waals surface area contributed by atoms with Crippen LogP contribution in [0.5, 0.6) is 11.5 Å². The molecule has 0 unspecified atom stereocenters. The number of ketones is 1. The van der Waals surface area contributed by atoms with Crippen LogP contribution in [0.25, 0.3) is 0 Å². The van der Waals surface area contributed by atoms with E-state index in [0.717, 1.165) is 57.3 Å². The molecule has 0 amide bonds. The Morgan fingerprint density at radius 1 is 0.548 bits per heavy atom. The van der Waals surface area contributed by atoms with Gasteiger partial charge in [0.1, 0.15) is 29.5 Å². The van der Waals surface area contributed by atoms with Gasteiger partial charge in [-0.2, -0.15) is 0 Å². The summed E-state index contributed by atoms with van der Waals surface area (Å²) in [5, 5.41) is 12.7. The van der Waals surface area contributed by atoms with Gasteiger partial charge in [0.2, 0.25) is 0 Å². The molecule has 1 N–H and O–H groups in total. The fraction of sp³-hybridized carbons (Fsp3) is 0.609. The van der Waals surface area contributed by atoms with Crippen LogP contribution >= 0.6 is 0 Å². The Morgan fingerprint density at radius 2 is 0.990 bits per heavy atom. The molecule has 0 spiro atoms. The molecule has 0 saturated carbocycles. The molecule has 0 fully saturated rings. The SMILES string of the molecule is C=CCOC(=O)[C@H](O[Si](C)(C)C(C)(C)C)[C@@H](OC)[C@H](C)[C@@H](O[Si](CC)(CC)CC)[C@H](C)[C@@H](O[Si](C)(C)C(C)(C)C)/C(C)=C/[C@H](C)C(=O)C[C@@H](O)[C@@H](C)[C@H](OCc1ccc(OC)cc1)[C@H](COC(c1ccccc1)(c1ccccc1)c1ccc(OC)cc1)[C@@H](O[Si](C)(C)C(C)(C)C)/C(C)=C/[C@@H](C)/C=C\C. The van der Waals surface area contributed by atoms with Crippen LogP contribution in [0.2, 0.25) is 72.5 Å². The number of carbonyl (C=O) groups excluding carboxylic acids is 2. The number of methoxy groups -OCH3 is 3. The average molecular weight is 1510 g/mol. The molecule has 582 valence electrons. The fourth-order valence-corrected chi connectivity index (χ4v) is 20.3. The van der Waals surface area contributed by atoms with E-state index in [1.54, 1.807) is 27.4 Å². The van der Waals surface area contributed by atoms with Crippen molar-refractivity contribution in [3.05, 3.63) is 180 Å². The van der Waals surface area contributed by atoms with Crippen LogP contribution in [-0.2, 0) is 58.4 Å². The molecule has 0 radical (unpaired) electrons. The molecule has 4 aromatic rings. The van der Waals surface area contributed by atoms with Gasteiger partial charge in [0.15, 0.2) is 39.4 Å². The first-order valence-corrected chi connectivity index (χ1v) is 49.6. The minimum atomic E-state index is -2.68. The highest BCUT2D eigenvalue weighted by Gasteiger charge is 2.52. The highest BCUT2D eigenvalue weighted by Crippen LogP contribution is 2.48. The van der Waals surface area contributed by atoms with Crippen LogP contribution in [-0.4, -0.2) is 127 Å². The first kappa shape index (κ1) is 91.5. The number of allylic oxidation sites excluding steroid dienone is 4. The van der Waals surface area contributed by atoms with Gasteiger partial charge in [-0.25, -0.2) is 4.79 Å². The molecule has 4 aromatic carbocycles. The molecule has 0 aliphatic carbocycles. The van der Waals surface area contributed by atoms with Crippen molar-refractivity contribution in [3.8, 4) is 11.5 Å². The highest BCUT2D eigenvalue weighted by atomic mass is 28.4. The first-order valence-electron chi connectivity index (χ1n) is 38.3. The summed E-state index contributed by atoms with van der Waals surface area (Å²) < 4.78 is 69.7. The summed E-state index contributed by atoms with van der Waals surface area (Å²) in [6.07, 6.45) is 4.51. The average Bonchev–Trinajstić information content (AvgIpc) is 0.759. The molecule has 0 bridgehead atoms. The maximum Gasteiger partial charge on any atom is 0.337 e. The Bertz CT molecular complexity index is 3280. The third kappa shape index (κ3) is 24.1. The summed E-state index contributed by atoms with van der Waals surface area (Å²) >= 11 is 0. The van der Waals surface area contributed by atoms with Gasteiger partial charge in [0.25, 0.3) is 0 Å². The number of hydrogen-bond donors (Lipinski definition) is 1. The summed E-state index contributed by atoms with van der Waals surface area (Å²) in [5.74, 6) is -1.86. The van der Waals surface area contributed by atoms with Crippen molar-refractivity contribution in [2.75, 3.05) is 34.5 Å². The van der Waals surface area contributed by atoms with E-state index in [0.29, 0.717) is 5.75 Å². The van der Waals surface area contributed by atoms with E-state index in [1.165, 1.54) is 0 Å². The van der Waals surface area contributed by atoms with Crippen LogP contribution in [0.1, 0.15) is 167 Å². The number of rotatable bonds is 43. The van der Waals surface area contributed by atoms with Gasteiger partial charge >= 0.3 is 5.97 Å². The number of aliphatic hydroxyl groups excluding tert-OH is 1. The molecule has 17 heteroatoms. The van der Waals surface area contributed by atoms with Crippen LogP contribution in [0.15, 0.2) is 157 Å². The van der Waals surface area contributed by atoms with Gasteiger partial charge in [-0.05, 0) is 157 Å². The van der Waals surface area contributed by atoms with Gasteiger partial charge in [0.05, 0.1) is 64.1 Å². The first-order chi connectivity index (χ1) is 48.5. The zero-order valence-electron chi connectivity index (χ0n) is 69.8. The van der Waals surface area contributed by atoms with Crippen molar-refractivity contribution in [2.24, 2.45) is 35.5 Å². The molecule has 13 atom stereocenters. The van der Waals surface area contributed by atoms with E-state index in [-0.39, 0.29) is 59.0 Å². The molecular weight excluding hydrogens is 1370 g/mol. The lowest BCUT2D eigenvalue weighted by atomic mass is 9.78. The van der Waals surface area contributed by atoms with Crippen LogP contribution in [0.4, 0.5) is 0 Å². The van der Waals surface area contributed by atoms with Gasteiger partial charge in [-0.15, -0.1) is 0 Å².